The molecule has 3 aromatic carbocycles. The molecule has 1 aliphatic heterocycles. The maximum Gasteiger partial charge on any atom is 0.258 e. The van der Waals surface area contributed by atoms with Crippen molar-refractivity contribution in [3.63, 3.8) is 0 Å². The Labute approximate surface area is 181 Å². The van der Waals surface area contributed by atoms with Crippen molar-refractivity contribution in [3.8, 4) is 11.5 Å². The lowest BCUT2D eigenvalue weighted by Crippen LogP contribution is -2.43. The summed E-state index contributed by atoms with van der Waals surface area (Å²) in [4.78, 5) is 27.7. The van der Waals surface area contributed by atoms with E-state index in [-0.39, 0.29) is 29.2 Å². The van der Waals surface area contributed by atoms with Crippen LogP contribution in [0.1, 0.15) is 37.0 Å². The Morgan fingerprint density at radius 1 is 1.06 bits per heavy atom. The van der Waals surface area contributed by atoms with Crippen molar-refractivity contribution < 1.29 is 19.4 Å². The number of hydrogen-bond acceptors (Lipinski definition) is 4. The molecular weight excluding hydrogens is 392 g/mol. The van der Waals surface area contributed by atoms with Gasteiger partial charge in [-0.25, -0.2) is 0 Å². The Bertz CT molecular complexity index is 1110. The van der Waals surface area contributed by atoms with Crippen LogP contribution in [0.15, 0.2) is 60.7 Å². The molecule has 0 bridgehead atoms. The predicted molar refractivity (Wildman–Crippen MR) is 121 cm³/mol. The van der Waals surface area contributed by atoms with Crippen molar-refractivity contribution in [2.45, 2.75) is 38.8 Å². The topological polar surface area (TPSA) is 78.9 Å². The smallest absolute Gasteiger partial charge is 0.258 e. The average Bonchev–Trinajstić information content (AvgIpc) is 3.25. The van der Waals surface area contributed by atoms with Crippen LogP contribution in [0, 0.1) is 0 Å². The molecule has 1 fully saturated rings. The second-order valence-corrected chi connectivity index (χ2v) is 8.02. The summed E-state index contributed by atoms with van der Waals surface area (Å²) in [6.07, 6.45) is 1.39. The number of fused-ring (bicyclic) bond motifs is 1. The third kappa shape index (κ3) is 4.33. The quantitative estimate of drug-likeness (QED) is 0.636. The lowest BCUT2D eigenvalue weighted by molar-refractivity contribution is -0.119. The second kappa shape index (κ2) is 8.68. The zero-order chi connectivity index (χ0) is 22.0. The van der Waals surface area contributed by atoms with Gasteiger partial charge in [0.25, 0.3) is 5.91 Å². The third-order valence-electron chi connectivity index (χ3n) is 5.44. The molecule has 1 aliphatic rings. The van der Waals surface area contributed by atoms with Crippen molar-refractivity contribution in [1.82, 2.24) is 4.90 Å². The molecule has 6 heteroatoms. The van der Waals surface area contributed by atoms with Crippen molar-refractivity contribution in [1.29, 1.82) is 0 Å². The third-order valence-corrected chi connectivity index (χ3v) is 5.44. The molecule has 0 radical (unpaired) electrons. The highest BCUT2D eigenvalue weighted by Gasteiger charge is 2.35. The number of carbonyl (C=O) groups excluding carboxylic acids is 2. The van der Waals surface area contributed by atoms with E-state index in [0.29, 0.717) is 24.0 Å². The number of phenolic OH excluding ortho intramolecular Hbond substituents is 1. The monoisotopic (exact) mass is 418 g/mol. The number of rotatable bonds is 5. The number of ether oxygens (including phenoxy) is 1. The molecule has 31 heavy (non-hydrogen) atoms. The summed E-state index contributed by atoms with van der Waals surface area (Å²) in [6.45, 7) is 4.38. The lowest BCUT2D eigenvalue weighted by Gasteiger charge is -2.24. The predicted octanol–water partition coefficient (Wildman–Crippen LogP) is 4.58. The maximum absolute atomic E-state index is 13.2. The molecule has 4 rings (SSSR count). The van der Waals surface area contributed by atoms with E-state index in [1.165, 1.54) is 0 Å². The molecule has 2 N–H and O–H groups in total. The summed E-state index contributed by atoms with van der Waals surface area (Å²) in [5.74, 6) is 0.123. The highest BCUT2D eigenvalue weighted by atomic mass is 16.5. The number of anilines is 1. The standard InChI is InChI=1S/C25H26N2O4/c1-16(2)31-19-12-10-18(11-13-19)26-24(29)22-8-5-15-27(22)25(30)21-14-9-17-6-3-4-7-20(17)23(21)28/h3-4,6-7,9-14,16,22,28H,5,8,15H2,1-2H3,(H,26,29). The summed E-state index contributed by atoms with van der Waals surface area (Å²) in [7, 11) is 0. The highest BCUT2D eigenvalue weighted by molar-refractivity contribution is 6.06. The van der Waals surface area contributed by atoms with Gasteiger partial charge in [-0.15, -0.1) is 0 Å². The van der Waals surface area contributed by atoms with Crippen LogP contribution < -0.4 is 10.1 Å². The number of amides is 2. The normalized spacial score (nSPS) is 16.0. The van der Waals surface area contributed by atoms with Crippen LogP contribution in [-0.4, -0.2) is 40.5 Å². The van der Waals surface area contributed by atoms with Gasteiger partial charge in [-0.1, -0.05) is 30.3 Å². The van der Waals surface area contributed by atoms with Gasteiger partial charge < -0.3 is 20.1 Å². The molecule has 6 nitrogen and oxygen atoms in total. The highest BCUT2D eigenvalue weighted by Crippen LogP contribution is 2.31. The Hall–Kier alpha value is -3.54. The number of aromatic hydroxyl groups is 1. The fraction of sp³-hybridized carbons (Fsp3) is 0.280. The largest absolute Gasteiger partial charge is 0.506 e. The molecule has 0 aliphatic carbocycles. The number of likely N-dealkylation sites (tertiary alicyclic amines) is 1. The van der Waals surface area contributed by atoms with Gasteiger partial charge in [0.15, 0.2) is 0 Å². The molecule has 1 atom stereocenters. The molecule has 160 valence electrons. The average molecular weight is 418 g/mol. The van der Waals surface area contributed by atoms with Gasteiger partial charge in [-0.05, 0) is 62.4 Å². The molecule has 1 heterocycles. The van der Waals surface area contributed by atoms with Gasteiger partial charge >= 0.3 is 0 Å². The van der Waals surface area contributed by atoms with Crippen molar-refractivity contribution in [2.75, 3.05) is 11.9 Å². The molecule has 0 aromatic heterocycles. The minimum absolute atomic E-state index is 0.0464. The van der Waals surface area contributed by atoms with Gasteiger partial charge in [0.2, 0.25) is 5.91 Å². The Balaban J connectivity index is 1.50. The van der Waals surface area contributed by atoms with Gasteiger partial charge in [0, 0.05) is 17.6 Å². The van der Waals surface area contributed by atoms with E-state index < -0.39 is 6.04 Å². The van der Waals surface area contributed by atoms with Gasteiger partial charge in [0.1, 0.15) is 17.5 Å². The number of hydrogen-bond donors (Lipinski definition) is 2. The van der Waals surface area contributed by atoms with E-state index in [1.54, 1.807) is 41.3 Å². The summed E-state index contributed by atoms with van der Waals surface area (Å²) in [5.41, 5.74) is 0.863. The number of phenols is 1. The summed E-state index contributed by atoms with van der Waals surface area (Å²) < 4.78 is 5.62. The van der Waals surface area contributed by atoms with Crippen molar-refractivity contribution in [2.24, 2.45) is 0 Å². The van der Waals surface area contributed by atoms with Crippen LogP contribution in [-0.2, 0) is 4.79 Å². The maximum atomic E-state index is 13.2. The Morgan fingerprint density at radius 3 is 2.55 bits per heavy atom. The van der Waals surface area contributed by atoms with Crippen LogP contribution in [0.2, 0.25) is 0 Å². The second-order valence-electron chi connectivity index (χ2n) is 8.02. The Kier molecular flexibility index (Phi) is 5.80. The zero-order valence-corrected chi connectivity index (χ0v) is 17.7. The first kappa shape index (κ1) is 20.7. The molecule has 0 saturated carbocycles. The van der Waals surface area contributed by atoms with Gasteiger partial charge in [-0.2, -0.15) is 0 Å². The fourth-order valence-corrected chi connectivity index (χ4v) is 3.98. The zero-order valence-electron chi connectivity index (χ0n) is 17.7. The summed E-state index contributed by atoms with van der Waals surface area (Å²) in [6, 6.07) is 17.4. The van der Waals surface area contributed by atoms with Crippen LogP contribution in [0.3, 0.4) is 0 Å². The van der Waals surface area contributed by atoms with E-state index in [2.05, 4.69) is 5.32 Å². The first-order valence-electron chi connectivity index (χ1n) is 10.5. The van der Waals surface area contributed by atoms with Crippen LogP contribution in [0.5, 0.6) is 11.5 Å². The van der Waals surface area contributed by atoms with E-state index >= 15 is 0 Å². The van der Waals surface area contributed by atoms with E-state index in [9.17, 15) is 14.7 Å². The summed E-state index contributed by atoms with van der Waals surface area (Å²) >= 11 is 0. The molecule has 2 amide bonds. The summed E-state index contributed by atoms with van der Waals surface area (Å²) in [5, 5.41) is 15.0. The van der Waals surface area contributed by atoms with E-state index in [0.717, 1.165) is 17.6 Å². The first-order chi connectivity index (χ1) is 14.9. The lowest BCUT2D eigenvalue weighted by atomic mass is 10.0. The molecule has 1 saturated heterocycles. The van der Waals surface area contributed by atoms with E-state index in [1.807, 2.05) is 38.1 Å². The van der Waals surface area contributed by atoms with Crippen molar-refractivity contribution in [3.05, 3.63) is 66.2 Å². The van der Waals surface area contributed by atoms with Crippen molar-refractivity contribution >= 4 is 28.3 Å². The number of nitrogens with zero attached hydrogens (tertiary/aromatic N) is 1. The molecule has 3 aromatic rings. The first-order valence-corrected chi connectivity index (χ1v) is 10.5. The number of carbonyl (C=O) groups is 2. The molecule has 0 spiro atoms. The number of nitrogens with one attached hydrogen (secondary N) is 1. The van der Waals surface area contributed by atoms with Gasteiger partial charge in [0.05, 0.1) is 11.7 Å². The minimum Gasteiger partial charge on any atom is -0.506 e. The minimum atomic E-state index is -0.579. The fourth-order valence-electron chi connectivity index (χ4n) is 3.98. The van der Waals surface area contributed by atoms with Gasteiger partial charge in [-0.3, -0.25) is 9.59 Å². The van der Waals surface area contributed by atoms with Crippen LogP contribution in [0.4, 0.5) is 5.69 Å². The number of benzene rings is 3. The SMILES string of the molecule is CC(C)Oc1ccc(NC(=O)C2CCCN2C(=O)c2ccc3ccccc3c2O)cc1. The van der Waals surface area contributed by atoms with Crippen LogP contribution >= 0.6 is 0 Å². The molecular formula is C25H26N2O4. The van der Waals surface area contributed by atoms with Crippen LogP contribution in [0.25, 0.3) is 10.8 Å². The molecule has 1 unspecified atom stereocenters. The Morgan fingerprint density at radius 2 is 1.81 bits per heavy atom. The van der Waals surface area contributed by atoms with E-state index in [4.69, 9.17) is 4.74 Å².